The van der Waals surface area contributed by atoms with Gasteiger partial charge in [-0.25, -0.2) is 13.2 Å². The van der Waals surface area contributed by atoms with E-state index in [9.17, 15) is 13.2 Å². The number of ether oxygens (including phenoxy) is 1. The first kappa shape index (κ1) is 16.3. The van der Waals surface area contributed by atoms with Crippen molar-refractivity contribution in [3.63, 3.8) is 0 Å². The number of esters is 1. The molecule has 0 amide bonds. The second-order valence-corrected chi connectivity index (χ2v) is 8.65. The van der Waals surface area contributed by atoms with Crippen molar-refractivity contribution in [2.75, 3.05) is 11.8 Å². The highest BCUT2D eigenvalue weighted by Crippen LogP contribution is 2.29. The Labute approximate surface area is 139 Å². The van der Waals surface area contributed by atoms with Crippen LogP contribution in [0.5, 0.6) is 0 Å². The van der Waals surface area contributed by atoms with E-state index in [-0.39, 0.29) is 15.5 Å². The van der Waals surface area contributed by atoms with Gasteiger partial charge in [0.15, 0.2) is 0 Å². The van der Waals surface area contributed by atoms with E-state index >= 15 is 0 Å². The molecular weight excluding hydrogens is 402 g/mol. The number of hydrogen-bond acceptors (Lipinski definition) is 5. The van der Waals surface area contributed by atoms with Crippen molar-refractivity contribution in [1.82, 2.24) is 0 Å². The molecule has 9 heteroatoms. The van der Waals surface area contributed by atoms with Crippen LogP contribution in [-0.2, 0) is 14.8 Å². The van der Waals surface area contributed by atoms with Gasteiger partial charge in [0.25, 0.3) is 10.0 Å². The number of rotatable bonds is 4. The summed E-state index contributed by atoms with van der Waals surface area (Å²) in [6.07, 6.45) is 0. The zero-order chi connectivity index (χ0) is 15.6. The van der Waals surface area contributed by atoms with Gasteiger partial charge in [-0.05, 0) is 46.3 Å². The molecular formula is C12H9BrClNO4S2. The van der Waals surface area contributed by atoms with Gasteiger partial charge < -0.3 is 4.74 Å². The van der Waals surface area contributed by atoms with Gasteiger partial charge >= 0.3 is 5.97 Å². The van der Waals surface area contributed by atoms with E-state index in [0.717, 1.165) is 11.3 Å². The van der Waals surface area contributed by atoms with Crippen molar-refractivity contribution in [3.8, 4) is 0 Å². The van der Waals surface area contributed by atoms with Crippen LogP contribution in [0.4, 0.5) is 5.69 Å². The van der Waals surface area contributed by atoms with Gasteiger partial charge in [0, 0.05) is 5.02 Å². The number of nitrogens with one attached hydrogen (secondary N) is 1. The third-order valence-electron chi connectivity index (χ3n) is 2.44. The zero-order valence-corrected chi connectivity index (χ0v) is 14.6. The Hall–Kier alpha value is -1.09. The lowest BCUT2D eigenvalue weighted by Gasteiger charge is -2.10. The molecule has 0 saturated carbocycles. The summed E-state index contributed by atoms with van der Waals surface area (Å²) >= 11 is 10.1. The summed E-state index contributed by atoms with van der Waals surface area (Å²) in [5.41, 5.74) is 0.153. The van der Waals surface area contributed by atoms with E-state index in [2.05, 4.69) is 25.4 Å². The van der Waals surface area contributed by atoms with Crippen molar-refractivity contribution >= 4 is 60.5 Å². The zero-order valence-electron chi connectivity index (χ0n) is 10.6. The molecule has 0 aliphatic carbocycles. The van der Waals surface area contributed by atoms with Crippen molar-refractivity contribution in [3.05, 3.63) is 44.7 Å². The Morgan fingerprint density at radius 1 is 1.33 bits per heavy atom. The van der Waals surface area contributed by atoms with Crippen LogP contribution in [-0.4, -0.2) is 21.5 Å². The van der Waals surface area contributed by atoms with Gasteiger partial charge in [0.2, 0.25) is 0 Å². The fraction of sp³-hybridized carbons (Fsp3) is 0.0833. The second-order valence-electron chi connectivity index (χ2n) is 3.85. The van der Waals surface area contributed by atoms with Crippen LogP contribution in [0.15, 0.2) is 38.3 Å². The largest absolute Gasteiger partial charge is 0.465 e. The number of halogens is 2. The Kier molecular flexibility index (Phi) is 4.92. The van der Waals surface area contributed by atoms with E-state index in [1.54, 1.807) is 6.07 Å². The molecule has 112 valence electrons. The Morgan fingerprint density at radius 2 is 2.05 bits per heavy atom. The molecule has 0 saturated heterocycles. The Morgan fingerprint density at radius 3 is 2.62 bits per heavy atom. The average Bonchev–Trinajstić information content (AvgIpc) is 2.87. The van der Waals surface area contributed by atoms with Crippen molar-refractivity contribution < 1.29 is 17.9 Å². The summed E-state index contributed by atoms with van der Waals surface area (Å²) in [5.74, 6) is -0.678. The van der Waals surface area contributed by atoms with Crippen LogP contribution < -0.4 is 4.72 Å². The molecule has 0 fully saturated rings. The van der Waals surface area contributed by atoms with E-state index in [0.29, 0.717) is 8.81 Å². The summed E-state index contributed by atoms with van der Waals surface area (Å²) < 4.78 is 32.3. The third-order valence-corrected chi connectivity index (χ3v) is 6.16. The van der Waals surface area contributed by atoms with Crippen molar-refractivity contribution in [2.24, 2.45) is 0 Å². The van der Waals surface area contributed by atoms with Crippen LogP contribution in [0.2, 0.25) is 5.02 Å². The van der Waals surface area contributed by atoms with Crippen LogP contribution in [0.25, 0.3) is 0 Å². The molecule has 21 heavy (non-hydrogen) atoms. The van der Waals surface area contributed by atoms with Gasteiger partial charge in [0.05, 0.1) is 22.1 Å². The maximum Gasteiger partial charge on any atom is 0.340 e. The maximum absolute atomic E-state index is 12.3. The van der Waals surface area contributed by atoms with Crippen molar-refractivity contribution in [1.29, 1.82) is 0 Å². The number of carbonyl (C=O) groups is 1. The maximum atomic E-state index is 12.3. The fourth-order valence-corrected chi connectivity index (χ4v) is 4.78. The minimum absolute atomic E-state index is 0.0456. The van der Waals surface area contributed by atoms with Gasteiger partial charge in [-0.3, -0.25) is 4.72 Å². The molecule has 0 bridgehead atoms. The number of sulfonamides is 1. The molecule has 2 rings (SSSR count). The summed E-state index contributed by atoms with van der Waals surface area (Å²) in [4.78, 5) is 11.7. The molecule has 1 N–H and O–H groups in total. The summed E-state index contributed by atoms with van der Waals surface area (Å²) in [7, 11) is -2.58. The summed E-state index contributed by atoms with van der Waals surface area (Å²) in [6.45, 7) is 0. The van der Waals surface area contributed by atoms with Crippen molar-refractivity contribution in [2.45, 2.75) is 4.21 Å². The SMILES string of the molecule is COC(=O)c1cc(Cl)ccc1NS(=O)(=O)c1ccc(Br)s1. The summed E-state index contributed by atoms with van der Waals surface area (Å²) in [5, 5.41) is 0.303. The smallest absolute Gasteiger partial charge is 0.340 e. The number of benzene rings is 1. The first-order valence-electron chi connectivity index (χ1n) is 5.49. The molecule has 0 spiro atoms. The molecule has 0 aliphatic heterocycles. The second kappa shape index (κ2) is 6.35. The number of carbonyl (C=O) groups excluding carboxylic acids is 1. The number of thiophene rings is 1. The highest BCUT2D eigenvalue weighted by molar-refractivity contribution is 9.11. The van der Waals surface area contributed by atoms with Gasteiger partial charge in [0.1, 0.15) is 4.21 Å². The molecule has 1 aromatic carbocycles. The fourth-order valence-electron chi connectivity index (χ4n) is 1.52. The monoisotopic (exact) mass is 409 g/mol. The molecule has 0 unspecified atom stereocenters. The number of methoxy groups -OCH3 is 1. The summed E-state index contributed by atoms with van der Waals surface area (Å²) in [6, 6.07) is 7.33. The molecule has 0 aliphatic rings. The molecule has 1 heterocycles. The topological polar surface area (TPSA) is 72.5 Å². The predicted octanol–water partition coefficient (Wildman–Crippen LogP) is 3.75. The van der Waals surface area contributed by atoms with E-state index < -0.39 is 16.0 Å². The normalized spacial score (nSPS) is 11.2. The average molecular weight is 411 g/mol. The lowest BCUT2D eigenvalue weighted by atomic mass is 10.2. The van der Waals surface area contributed by atoms with Gasteiger partial charge in [-0.1, -0.05) is 11.6 Å². The standard InChI is InChI=1S/C12H9BrClNO4S2/c1-19-12(16)8-6-7(14)2-3-9(8)15-21(17,18)11-5-4-10(13)20-11/h2-6,15H,1H3. The van der Waals surface area contributed by atoms with E-state index in [1.807, 2.05) is 0 Å². The predicted molar refractivity (Wildman–Crippen MR) is 85.6 cm³/mol. The van der Waals surface area contributed by atoms with Gasteiger partial charge in [-0.15, -0.1) is 11.3 Å². The molecule has 2 aromatic rings. The minimum atomic E-state index is -3.78. The van der Waals surface area contributed by atoms with Gasteiger partial charge in [-0.2, -0.15) is 0 Å². The lowest BCUT2D eigenvalue weighted by Crippen LogP contribution is -2.15. The minimum Gasteiger partial charge on any atom is -0.465 e. The van der Waals surface area contributed by atoms with Crippen LogP contribution in [0.3, 0.4) is 0 Å². The Bertz CT molecular complexity index is 788. The van der Waals surface area contributed by atoms with E-state index in [1.165, 1.54) is 31.4 Å². The van der Waals surface area contributed by atoms with Crippen LogP contribution in [0, 0.1) is 0 Å². The Balaban J connectivity index is 2.42. The first-order valence-corrected chi connectivity index (χ1v) is 8.96. The molecule has 0 radical (unpaired) electrons. The quantitative estimate of drug-likeness (QED) is 0.779. The first-order chi connectivity index (χ1) is 9.83. The lowest BCUT2D eigenvalue weighted by molar-refractivity contribution is 0.0602. The van der Waals surface area contributed by atoms with Crippen LogP contribution >= 0.6 is 38.9 Å². The molecule has 5 nitrogen and oxygen atoms in total. The third kappa shape index (κ3) is 3.76. The van der Waals surface area contributed by atoms with Crippen LogP contribution in [0.1, 0.15) is 10.4 Å². The highest BCUT2D eigenvalue weighted by Gasteiger charge is 2.21. The highest BCUT2D eigenvalue weighted by atomic mass is 79.9. The van der Waals surface area contributed by atoms with E-state index in [4.69, 9.17) is 11.6 Å². The number of hydrogen-bond donors (Lipinski definition) is 1. The molecule has 1 aromatic heterocycles. The molecule has 0 atom stereocenters. The number of anilines is 1.